The van der Waals surface area contributed by atoms with Crippen LogP contribution in [0.25, 0.3) is 0 Å². The molecule has 0 spiro atoms. The van der Waals surface area contributed by atoms with Gasteiger partial charge in [0.2, 0.25) is 0 Å². The van der Waals surface area contributed by atoms with Gasteiger partial charge in [-0.15, -0.1) is 0 Å². The van der Waals surface area contributed by atoms with Crippen molar-refractivity contribution >= 4 is 21.8 Å². The van der Waals surface area contributed by atoms with E-state index in [2.05, 4.69) is 21.2 Å². The summed E-state index contributed by atoms with van der Waals surface area (Å²) in [4.78, 5) is 12.6. The van der Waals surface area contributed by atoms with Crippen LogP contribution in [-0.2, 0) is 4.79 Å². The Morgan fingerprint density at radius 1 is 1.21 bits per heavy atom. The van der Waals surface area contributed by atoms with Gasteiger partial charge in [-0.1, -0.05) is 15.9 Å². The Morgan fingerprint density at radius 3 is 2.54 bits per heavy atom. The van der Waals surface area contributed by atoms with Crippen molar-refractivity contribution in [1.29, 1.82) is 0 Å². The van der Waals surface area contributed by atoms with Gasteiger partial charge < -0.3 is 19.5 Å². The van der Waals surface area contributed by atoms with Crippen LogP contribution < -0.4 is 19.5 Å². The van der Waals surface area contributed by atoms with E-state index in [9.17, 15) is 4.79 Å². The number of rotatable bonds is 5. The minimum atomic E-state index is -0.375. The number of methoxy groups -OCH3 is 1. The molecule has 0 fully saturated rings. The molecule has 0 aromatic heterocycles. The first-order valence-electron chi connectivity index (χ1n) is 9.24. The van der Waals surface area contributed by atoms with Crippen LogP contribution in [0.5, 0.6) is 17.2 Å². The third-order valence-corrected chi connectivity index (χ3v) is 6.04. The third-order valence-electron chi connectivity index (χ3n) is 4.79. The average Bonchev–Trinajstić information content (AvgIpc) is 2.63. The Balaban J connectivity index is 1.71. The van der Waals surface area contributed by atoms with Crippen LogP contribution in [0.3, 0.4) is 0 Å². The van der Waals surface area contributed by atoms with E-state index in [1.54, 1.807) is 7.11 Å². The number of amides is 1. The monoisotopic (exact) mass is 447 g/mol. The second kappa shape index (κ2) is 8.03. The molecule has 3 rings (SSSR count). The SMILES string of the molecule is COc1ccc2c(c1)C(NC(=O)COc1cc(C)c(Br)c(C)c1)CC(C)(C)O2. The Kier molecular flexibility index (Phi) is 5.89. The summed E-state index contributed by atoms with van der Waals surface area (Å²) >= 11 is 3.54. The van der Waals surface area contributed by atoms with Gasteiger partial charge in [0, 0.05) is 16.5 Å². The summed E-state index contributed by atoms with van der Waals surface area (Å²) in [7, 11) is 1.62. The largest absolute Gasteiger partial charge is 0.497 e. The van der Waals surface area contributed by atoms with Crippen LogP contribution >= 0.6 is 15.9 Å². The van der Waals surface area contributed by atoms with E-state index in [0.29, 0.717) is 12.2 Å². The van der Waals surface area contributed by atoms with Gasteiger partial charge in [-0.2, -0.15) is 0 Å². The van der Waals surface area contributed by atoms with Gasteiger partial charge in [0.15, 0.2) is 6.61 Å². The van der Waals surface area contributed by atoms with Gasteiger partial charge in [0.1, 0.15) is 22.8 Å². The van der Waals surface area contributed by atoms with Crippen LogP contribution in [0, 0.1) is 13.8 Å². The zero-order valence-corrected chi connectivity index (χ0v) is 18.5. The van der Waals surface area contributed by atoms with Crippen molar-refractivity contribution in [1.82, 2.24) is 5.32 Å². The Bertz CT molecular complexity index is 871. The fourth-order valence-corrected chi connectivity index (χ4v) is 3.69. The van der Waals surface area contributed by atoms with E-state index >= 15 is 0 Å². The maximum absolute atomic E-state index is 12.6. The summed E-state index contributed by atoms with van der Waals surface area (Å²) in [6.45, 7) is 7.99. The molecule has 1 amide bonds. The highest BCUT2D eigenvalue weighted by atomic mass is 79.9. The summed E-state index contributed by atoms with van der Waals surface area (Å²) in [5.74, 6) is 2.01. The van der Waals surface area contributed by atoms with Gasteiger partial charge in [-0.05, 0) is 69.2 Å². The Labute approximate surface area is 174 Å². The molecular formula is C22H26BrNO4. The highest BCUT2D eigenvalue weighted by Gasteiger charge is 2.34. The van der Waals surface area contributed by atoms with Crippen molar-refractivity contribution in [2.45, 2.75) is 45.8 Å². The smallest absolute Gasteiger partial charge is 0.258 e. The highest BCUT2D eigenvalue weighted by molar-refractivity contribution is 9.10. The number of halogens is 1. The number of carbonyl (C=O) groups is 1. The van der Waals surface area contributed by atoms with Gasteiger partial charge in [-0.25, -0.2) is 0 Å². The highest BCUT2D eigenvalue weighted by Crippen LogP contribution is 2.41. The fourth-order valence-electron chi connectivity index (χ4n) is 3.46. The third kappa shape index (κ3) is 4.61. The fraction of sp³-hybridized carbons (Fsp3) is 0.409. The summed E-state index contributed by atoms with van der Waals surface area (Å²) in [6.07, 6.45) is 0.662. The predicted molar refractivity (Wildman–Crippen MR) is 112 cm³/mol. The first-order valence-corrected chi connectivity index (χ1v) is 10.0. The molecule has 2 aromatic rings. The average molecular weight is 448 g/mol. The summed E-state index contributed by atoms with van der Waals surface area (Å²) in [5, 5.41) is 3.08. The number of benzene rings is 2. The van der Waals surface area contributed by atoms with Crippen molar-refractivity contribution in [3.63, 3.8) is 0 Å². The molecule has 0 aliphatic carbocycles. The number of ether oxygens (including phenoxy) is 3. The van der Waals surface area contributed by atoms with Crippen molar-refractivity contribution in [3.8, 4) is 17.2 Å². The van der Waals surface area contributed by atoms with E-state index in [1.807, 2.05) is 58.0 Å². The molecule has 5 nitrogen and oxygen atoms in total. The van der Waals surface area contributed by atoms with E-state index < -0.39 is 0 Å². The predicted octanol–water partition coefficient (Wildman–Crippen LogP) is 4.87. The minimum Gasteiger partial charge on any atom is -0.497 e. The normalized spacial score (nSPS) is 17.3. The molecule has 6 heteroatoms. The van der Waals surface area contributed by atoms with Crippen LogP contribution in [0.2, 0.25) is 0 Å². The number of fused-ring (bicyclic) bond motifs is 1. The van der Waals surface area contributed by atoms with Crippen molar-refractivity contribution < 1.29 is 19.0 Å². The summed E-state index contributed by atoms with van der Waals surface area (Å²) in [5.41, 5.74) is 2.69. The molecule has 1 aliphatic heterocycles. The molecule has 1 unspecified atom stereocenters. The molecule has 1 aliphatic rings. The first kappa shape index (κ1) is 20.5. The topological polar surface area (TPSA) is 56.8 Å². The Hall–Kier alpha value is -2.21. The van der Waals surface area contributed by atoms with Gasteiger partial charge >= 0.3 is 0 Å². The lowest BCUT2D eigenvalue weighted by Crippen LogP contribution is -2.42. The standard InChI is InChI=1S/C22H26BrNO4/c1-13-8-16(9-14(2)21(13)23)27-12-20(25)24-18-11-22(3,4)28-19-7-6-15(26-5)10-17(18)19/h6-10,18H,11-12H2,1-5H3,(H,24,25). The number of hydrogen-bond donors (Lipinski definition) is 1. The van der Waals surface area contributed by atoms with Crippen molar-refractivity contribution in [2.75, 3.05) is 13.7 Å². The van der Waals surface area contributed by atoms with Crippen LogP contribution in [0.15, 0.2) is 34.8 Å². The summed E-state index contributed by atoms with van der Waals surface area (Å²) < 4.78 is 18.2. The molecule has 28 heavy (non-hydrogen) atoms. The first-order chi connectivity index (χ1) is 13.2. The molecule has 0 saturated heterocycles. The van der Waals surface area contributed by atoms with Gasteiger partial charge in [0.25, 0.3) is 5.91 Å². The second-order valence-corrected chi connectivity index (χ2v) is 8.54. The molecule has 0 saturated carbocycles. The van der Waals surface area contributed by atoms with E-state index in [1.165, 1.54) is 0 Å². The number of hydrogen-bond acceptors (Lipinski definition) is 4. The molecule has 1 atom stereocenters. The number of aryl methyl sites for hydroxylation is 2. The lowest BCUT2D eigenvalue weighted by molar-refractivity contribution is -0.124. The molecule has 1 N–H and O–H groups in total. The van der Waals surface area contributed by atoms with Gasteiger partial charge in [-0.3, -0.25) is 4.79 Å². The van der Waals surface area contributed by atoms with Crippen LogP contribution in [-0.4, -0.2) is 25.2 Å². The molecule has 2 aromatic carbocycles. The van der Waals surface area contributed by atoms with Crippen LogP contribution in [0.1, 0.15) is 43.0 Å². The Morgan fingerprint density at radius 2 is 1.89 bits per heavy atom. The van der Waals surface area contributed by atoms with Crippen molar-refractivity contribution in [2.24, 2.45) is 0 Å². The summed E-state index contributed by atoms with van der Waals surface area (Å²) in [6, 6.07) is 9.33. The van der Waals surface area contributed by atoms with E-state index in [4.69, 9.17) is 14.2 Å². The number of nitrogens with one attached hydrogen (secondary N) is 1. The minimum absolute atomic E-state index is 0.0440. The molecule has 0 radical (unpaired) electrons. The molecule has 0 bridgehead atoms. The lowest BCUT2D eigenvalue weighted by atomic mass is 9.89. The van der Waals surface area contributed by atoms with E-state index in [-0.39, 0.29) is 24.2 Å². The zero-order valence-electron chi connectivity index (χ0n) is 16.9. The molecular weight excluding hydrogens is 422 g/mol. The zero-order chi connectivity index (χ0) is 20.5. The second-order valence-electron chi connectivity index (χ2n) is 7.75. The van der Waals surface area contributed by atoms with E-state index in [0.717, 1.165) is 32.7 Å². The van der Waals surface area contributed by atoms with Crippen LogP contribution in [0.4, 0.5) is 0 Å². The molecule has 1 heterocycles. The van der Waals surface area contributed by atoms with Gasteiger partial charge in [0.05, 0.1) is 13.2 Å². The maximum Gasteiger partial charge on any atom is 0.258 e. The quantitative estimate of drug-likeness (QED) is 0.709. The lowest BCUT2D eigenvalue weighted by Gasteiger charge is -2.38. The number of carbonyl (C=O) groups excluding carboxylic acids is 1. The molecule has 150 valence electrons. The maximum atomic E-state index is 12.6. The van der Waals surface area contributed by atoms with Crippen molar-refractivity contribution in [3.05, 3.63) is 51.5 Å².